The zero-order valence-electron chi connectivity index (χ0n) is 18.4. The van der Waals surface area contributed by atoms with Gasteiger partial charge in [-0.25, -0.2) is 0 Å². The molecular weight excluding hydrogens is 360 g/mol. The number of hydrogen-bond donors (Lipinski definition) is 2. The van der Waals surface area contributed by atoms with Gasteiger partial charge in [0.2, 0.25) is 5.91 Å². The van der Waals surface area contributed by atoms with Crippen LogP contribution in [0.25, 0.3) is 0 Å². The molecule has 2 N–H and O–H groups in total. The van der Waals surface area contributed by atoms with Crippen LogP contribution in [0.3, 0.4) is 0 Å². The molecule has 0 unspecified atom stereocenters. The second kappa shape index (κ2) is 9.34. The predicted octanol–water partition coefficient (Wildman–Crippen LogP) is 5.79. The van der Waals surface area contributed by atoms with E-state index < -0.39 is 0 Å². The largest absolute Gasteiger partial charge is 0.496 e. The maximum atomic E-state index is 12.7. The lowest BCUT2D eigenvalue weighted by atomic mass is 9.85. The molecule has 0 spiro atoms. The molecule has 0 aliphatic heterocycles. The maximum absolute atomic E-state index is 12.7. The van der Waals surface area contributed by atoms with E-state index in [9.17, 15) is 4.79 Å². The first kappa shape index (κ1) is 21.2. The topological polar surface area (TPSA) is 50.4 Å². The Morgan fingerprint density at radius 1 is 1.03 bits per heavy atom. The molecular formula is C25H34N2O2. The second-order valence-electron chi connectivity index (χ2n) is 8.33. The third-order valence-corrected chi connectivity index (χ3v) is 6.10. The van der Waals surface area contributed by atoms with Gasteiger partial charge in [0.1, 0.15) is 5.75 Å². The Bertz CT molecular complexity index is 867. The smallest absolute Gasteiger partial charge is 0.227 e. The van der Waals surface area contributed by atoms with Crippen molar-refractivity contribution in [2.24, 2.45) is 5.92 Å². The van der Waals surface area contributed by atoms with Crippen LogP contribution in [-0.4, -0.2) is 19.1 Å². The van der Waals surface area contributed by atoms with Gasteiger partial charge in [-0.15, -0.1) is 0 Å². The van der Waals surface area contributed by atoms with Gasteiger partial charge in [0.25, 0.3) is 0 Å². The molecule has 1 aliphatic carbocycles. The van der Waals surface area contributed by atoms with Crippen molar-refractivity contribution in [2.75, 3.05) is 17.7 Å². The van der Waals surface area contributed by atoms with Crippen LogP contribution in [0.5, 0.6) is 5.75 Å². The van der Waals surface area contributed by atoms with E-state index >= 15 is 0 Å². The molecule has 4 heteroatoms. The number of amides is 1. The highest BCUT2D eigenvalue weighted by atomic mass is 16.5. The van der Waals surface area contributed by atoms with E-state index in [1.54, 1.807) is 7.11 Å². The number of aryl methyl sites for hydroxylation is 3. The van der Waals surface area contributed by atoms with Gasteiger partial charge in [-0.2, -0.15) is 0 Å². The Balaban J connectivity index is 1.57. The molecule has 0 atom stereocenters. The Morgan fingerprint density at radius 2 is 1.76 bits per heavy atom. The Hall–Kier alpha value is -2.49. The van der Waals surface area contributed by atoms with Crippen molar-refractivity contribution in [3.05, 3.63) is 52.6 Å². The lowest BCUT2D eigenvalue weighted by Crippen LogP contribution is -2.32. The minimum atomic E-state index is 0.0743. The number of methoxy groups -OCH3 is 1. The number of carbonyl (C=O) groups excluding carboxylic acids is 1. The first-order chi connectivity index (χ1) is 13.9. The molecule has 0 radical (unpaired) electrons. The first-order valence-corrected chi connectivity index (χ1v) is 10.7. The van der Waals surface area contributed by atoms with Crippen LogP contribution in [0, 0.1) is 26.7 Å². The molecule has 0 aromatic heterocycles. The number of carbonyl (C=O) groups is 1. The number of nitrogens with one attached hydrogen (secondary N) is 2. The van der Waals surface area contributed by atoms with Crippen molar-refractivity contribution in [1.29, 1.82) is 0 Å². The summed E-state index contributed by atoms with van der Waals surface area (Å²) in [6.07, 6.45) is 4.90. The lowest BCUT2D eigenvalue weighted by molar-refractivity contribution is -0.120. The second-order valence-corrected chi connectivity index (χ2v) is 8.33. The molecule has 29 heavy (non-hydrogen) atoms. The minimum absolute atomic E-state index is 0.0743. The summed E-state index contributed by atoms with van der Waals surface area (Å²) in [6.45, 7) is 8.56. The highest BCUT2D eigenvalue weighted by Crippen LogP contribution is 2.31. The summed E-state index contributed by atoms with van der Waals surface area (Å²) in [5.74, 6) is 0.996. The third-order valence-electron chi connectivity index (χ3n) is 6.10. The van der Waals surface area contributed by atoms with Gasteiger partial charge < -0.3 is 15.4 Å². The predicted molar refractivity (Wildman–Crippen MR) is 121 cm³/mol. The standard InChI is InChI=1S/C25H34N2O2/c1-6-22-18(4)13-16(2)14-23(22)26-20-11-8-19(9-12-20)25(28)27-21-10-7-17(3)24(15-21)29-5/h7,10,13-15,19-20,26H,6,8-9,11-12H2,1-5H3,(H,27,28). The zero-order valence-corrected chi connectivity index (χ0v) is 18.4. The van der Waals surface area contributed by atoms with Gasteiger partial charge in [0.15, 0.2) is 0 Å². The Labute approximate surface area is 175 Å². The number of benzene rings is 2. The van der Waals surface area contributed by atoms with Crippen molar-refractivity contribution >= 4 is 17.3 Å². The number of anilines is 2. The summed E-state index contributed by atoms with van der Waals surface area (Å²) in [5.41, 5.74) is 7.20. The van der Waals surface area contributed by atoms with Crippen molar-refractivity contribution in [1.82, 2.24) is 0 Å². The number of ether oxygens (including phenoxy) is 1. The van der Waals surface area contributed by atoms with E-state index in [1.807, 2.05) is 25.1 Å². The van der Waals surface area contributed by atoms with Crippen molar-refractivity contribution in [3.8, 4) is 5.75 Å². The SMILES string of the molecule is CCc1c(C)cc(C)cc1NC1CCC(C(=O)Nc2ccc(C)c(OC)c2)CC1. The van der Waals surface area contributed by atoms with Gasteiger partial charge in [0.05, 0.1) is 7.11 Å². The fourth-order valence-corrected chi connectivity index (χ4v) is 4.46. The fraction of sp³-hybridized carbons (Fsp3) is 0.480. The van der Waals surface area contributed by atoms with Crippen LogP contribution in [0.15, 0.2) is 30.3 Å². The van der Waals surface area contributed by atoms with Gasteiger partial charge in [-0.3, -0.25) is 4.79 Å². The number of hydrogen-bond acceptors (Lipinski definition) is 3. The Morgan fingerprint density at radius 3 is 2.41 bits per heavy atom. The molecule has 2 aromatic carbocycles. The molecule has 156 valence electrons. The highest BCUT2D eigenvalue weighted by Gasteiger charge is 2.27. The molecule has 4 nitrogen and oxygen atoms in total. The summed E-state index contributed by atoms with van der Waals surface area (Å²) in [5, 5.41) is 6.84. The van der Waals surface area contributed by atoms with E-state index in [0.717, 1.165) is 49.1 Å². The van der Waals surface area contributed by atoms with Crippen molar-refractivity contribution < 1.29 is 9.53 Å². The lowest BCUT2D eigenvalue weighted by Gasteiger charge is -2.30. The van der Waals surface area contributed by atoms with Crippen molar-refractivity contribution in [3.63, 3.8) is 0 Å². The Kier molecular flexibility index (Phi) is 6.83. The van der Waals surface area contributed by atoms with Crippen LogP contribution < -0.4 is 15.4 Å². The average Bonchev–Trinajstić information content (AvgIpc) is 2.69. The van der Waals surface area contributed by atoms with E-state index in [-0.39, 0.29) is 11.8 Å². The molecule has 1 aliphatic rings. The van der Waals surface area contributed by atoms with E-state index in [0.29, 0.717) is 6.04 Å². The highest BCUT2D eigenvalue weighted by molar-refractivity contribution is 5.92. The zero-order chi connectivity index (χ0) is 21.0. The van der Waals surface area contributed by atoms with Gasteiger partial charge in [-0.1, -0.05) is 19.1 Å². The van der Waals surface area contributed by atoms with Crippen LogP contribution in [0.2, 0.25) is 0 Å². The molecule has 0 bridgehead atoms. The molecule has 2 aromatic rings. The van der Waals surface area contributed by atoms with Crippen LogP contribution >= 0.6 is 0 Å². The van der Waals surface area contributed by atoms with E-state index in [4.69, 9.17) is 4.74 Å². The molecule has 0 saturated heterocycles. The summed E-state index contributed by atoms with van der Waals surface area (Å²) >= 11 is 0. The first-order valence-electron chi connectivity index (χ1n) is 10.7. The van der Waals surface area contributed by atoms with Crippen LogP contribution in [0.4, 0.5) is 11.4 Å². The number of rotatable bonds is 6. The van der Waals surface area contributed by atoms with Gasteiger partial charge in [0, 0.05) is 29.4 Å². The van der Waals surface area contributed by atoms with E-state index in [2.05, 4.69) is 43.5 Å². The minimum Gasteiger partial charge on any atom is -0.496 e. The molecule has 3 rings (SSSR count). The summed E-state index contributed by atoms with van der Waals surface area (Å²) in [6, 6.07) is 10.8. The third kappa shape index (κ3) is 5.11. The molecule has 1 saturated carbocycles. The van der Waals surface area contributed by atoms with Gasteiger partial charge >= 0.3 is 0 Å². The average molecular weight is 395 g/mol. The van der Waals surface area contributed by atoms with Gasteiger partial charge in [-0.05, 0) is 87.3 Å². The molecule has 1 amide bonds. The summed E-state index contributed by atoms with van der Waals surface area (Å²) in [7, 11) is 1.65. The fourth-order valence-electron chi connectivity index (χ4n) is 4.46. The quantitative estimate of drug-likeness (QED) is 0.652. The van der Waals surface area contributed by atoms with Crippen LogP contribution in [0.1, 0.15) is 54.9 Å². The maximum Gasteiger partial charge on any atom is 0.227 e. The molecule has 1 fully saturated rings. The summed E-state index contributed by atoms with van der Waals surface area (Å²) in [4.78, 5) is 12.7. The van der Waals surface area contributed by atoms with Crippen LogP contribution in [-0.2, 0) is 11.2 Å². The monoisotopic (exact) mass is 394 g/mol. The molecule has 0 heterocycles. The van der Waals surface area contributed by atoms with E-state index in [1.165, 1.54) is 22.4 Å². The van der Waals surface area contributed by atoms with Crippen molar-refractivity contribution in [2.45, 2.75) is 65.8 Å². The summed E-state index contributed by atoms with van der Waals surface area (Å²) < 4.78 is 5.36. The normalized spacial score (nSPS) is 18.9.